The van der Waals surface area contributed by atoms with E-state index in [-0.39, 0.29) is 16.9 Å². The van der Waals surface area contributed by atoms with Gasteiger partial charge in [-0.15, -0.1) is 0 Å². The predicted octanol–water partition coefficient (Wildman–Crippen LogP) is 3.33. The summed E-state index contributed by atoms with van der Waals surface area (Å²) in [5.74, 6) is -0.0586. The van der Waals surface area contributed by atoms with Crippen LogP contribution in [0.2, 0.25) is 0 Å². The lowest BCUT2D eigenvalue weighted by molar-refractivity contribution is 0.0891. The molecule has 1 rings (SSSR count). The maximum atomic E-state index is 12.1. The Balaban J connectivity index is 2.72. The molecular formula is C15H24N2O. The van der Waals surface area contributed by atoms with Crippen molar-refractivity contribution in [2.45, 2.75) is 53.5 Å². The Morgan fingerprint density at radius 3 is 2.28 bits per heavy atom. The smallest absolute Gasteiger partial charge is 0.253 e. The lowest BCUT2D eigenvalue weighted by Crippen LogP contribution is -2.45. The molecule has 0 aliphatic heterocycles. The second kappa shape index (κ2) is 5.09. The first-order valence-electron chi connectivity index (χ1n) is 6.34. The van der Waals surface area contributed by atoms with Gasteiger partial charge in [-0.3, -0.25) is 9.78 Å². The van der Waals surface area contributed by atoms with Gasteiger partial charge in [-0.2, -0.15) is 0 Å². The van der Waals surface area contributed by atoms with Crippen molar-refractivity contribution in [1.29, 1.82) is 0 Å². The summed E-state index contributed by atoms with van der Waals surface area (Å²) in [5.41, 5.74) is 1.49. The second-order valence-electron chi connectivity index (χ2n) is 6.76. The molecular weight excluding hydrogens is 224 g/mol. The van der Waals surface area contributed by atoms with Crippen LogP contribution in [0.3, 0.4) is 0 Å². The lowest BCUT2D eigenvalue weighted by Gasteiger charge is -2.33. The molecule has 0 bridgehead atoms. The number of carbonyl (C=O) groups excluding carboxylic acids is 1. The number of aromatic nitrogens is 1. The monoisotopic (exact) mass is 248 g/mol. The van der Waals surface area contributed by atoms with Gasteiger partial charge in [0.2, 0.25) is 0 Å². The fraction of sp³-hybridized carbons (Fsp3) is 0.600. The molecule has 3 heteroatoms. The molecule has 18 heavy (non-hydrogen) atoms. The highest BCUT2D eigenvalue weighted by molar-refractivity contribution is 5.94. The van der Waals surface area contributed by atoms with Crippen LogP contribution in [0, 0.1) is 12.3 Å². The van der Waals surface area contributed by atoms with E-state index < -0.39 is 0 Å². The van der Waals surface area contributed by atoms with Gasteiger partial charge in [0.25, 0.3) is 5.91 Å². The van der Waals surface area contributed by atoms with Gasteiger partial charge >= 0.3 is 0 Å². The van der Waals surface area contributed by atoms with Crippen LogP contribution in [0.4, 0.5) is 0 Å². The largest absolute Gasteiger partial charge is 0.347 e. The Morgan fingerprint density at radius 2 is 1.83 bits per heavy atom. The Bertz CT molecular complexity index is 413. The molecule has 1 amide bonds. The molecule has 0 saturated heterocycles. The molecule has 0 aliphatic carbocycles. The normalized spacial score (nSPS) is 12.3. The SMILES string of the molecule is Cc1ccc(C(=O)NC(C)(C)CC(C)(C)C)cn1. The van der Waals surface area contributed by atoms with Gasteiger partial charge in [0.15, 0.2) is 0 Å². The third-order valence-corrected chi connectivity index (χ3v) is 2.60. The van der Waals surface area contributed by atoms with E-state index >= 15 is 0 Å². The topological polar surface area (TPSA) is 42.0 Å². The first-order chi connectivity index (χ1) is 8.09. The number of nitrogens with one attached hydrogen (secondary N) is 1. The molecule has 100 valence electrons. The van der Waals surface area contributed by atoms with Crippen LogP contribution in [-0.4, -0.2) is 16.4 Å². The molecule has 3 nitrogen and oxygen atoms in total. The van der Waals surface area contributed by atoms with Crippen LogP contribution in [0.1, 0.15) is 57.1 Å². The molecule has 1 heterocycles. The number of hydrogen-bond donors (Lipinski definition) is 1. The minimum Gasteiger partial charge on any atom is -0.347 e. The first kappa shape index (κ1) is 14.7. The number of rotatable bonds is 3. The highest BCUT2D eigenvalue weighted by atomic mass is 16.1. The number of hydrogen-bond acceptors (Lipinski definition) is 2. The van der Waals surface area contributed by atoms with Gasteiger partial charge in [0.05, 0.1) is 5.56 Å². The fourth-order valence-electron chi connectivity index (χ4n) is 2.35. The summed E-state index contributed by atoms with van der Waals surface area (Å²) in [6, 6.07) is 3.66. The molecule has 1 aromatic heterocycles. The summed E-state index contributed by atoms with van der Waals surface area (Å²) in [5, 5.41) is 3.07. The molecule has 0 saturated carbocycles. The van der Waals surface area contributed by atoms with E-state index in [4.69, 9.17) is 0 Å². The summed E-state index contributed by atoms with van der Waals surface area (Å²) in [7, 11) is 0. The maximum absolute atomic E-state index is 12.1. The predicted molar refractivity (Wildman–Crippen MR) is 74.6 cm³/mol. The standard InChI is InChI=1S/C15H24N2O/c1-11-7-8-12(9-16-11)13(18)17-15(5,6)10-14(2,3)4/h7-9H,10H2,1-6H3,(H,17,18). The van der Waals surface area contributed by atoms with Crippen LogP contribution >= 0.6 is 0 Å². The Hall–Kier alpha value is -1.38. The molecule has 0 spiro atoms. The van der Waals surface area contributed by atoms with Crippen LogP contribution in [0.15, 0.2) is 18.3 Å². The fourth-order valence-corrected chi connectivity index (χ4v) is 2.35. The number of aryl methyl sites for hydroxylation is 1. The van der Waals surface area contributed by atoms with E-state index in [1.54, 1.807) is 6.20 Å². The molecule has 0 fully saturated rings. The van der Waals surface area contributed by atoms with E-state index in [0.717, 1.165) is 12.1 Å². The highest BCUT2D eigenvalue weighted by Gasteiger charge is 2.27. The minimum atomic E-state index is -0.222. The molecule has 1 N–H and O–H groups in total. The quantitative estimate of drug-likeness (QED) is 0.891. The van der Waals surface area contributed by atoms with Crippen molar-refractivity contribution < 1.29 is 4.79 Å². The zero-order valence-corrected chi connectivity index (χ0v) is 12.3. The van der Waals surface area contributed by atoms with Gasteiger partial charge in [-0.05, 0) is 44.7 Å². The second-order valence-corrected chi connectivity index (χ2v) is 6.76. The van der Waals surface area contributed by atoms with Crippen molar-refractivity contribution in [3.63, 3.8) is 0 Å². The van der Waals surface area contributed by atoms with E-state index in [1.807, 2.05) is 19.1 Å². The zero-order valence-electron chi connectivity index (χ0n) is 12.3. The van der Waals surface area contributed by atoms with Gasteiger partial charge < -0.3 is 5.32 Å². The van der Waals surface area contributed by atoms with Crippen LogP contribution in [-0.2, 0) is 0 Å². The summed E-state index contributed by atoms with van der Waals surface area (Å²) in [6.07, 6.45) is 2.54. The molecule has 0 aromatic carbocycles. The van der Waals surface area contributed by atoms with E-state index in [9.17, 15) is 4.79 Å². The third kappa shape index (κ3) is 4.86. The van der Waals surface area contributed by atoms with Gasteiger partial charge in [-0.25, -0.2) is 0 Å². The summed E-state index contributed by atoms with van der Waals surface area (Å²) in [4.78, 5) is 16.3. The number of amides is 1. The molecule has 0 atom stereocenters. The third-order valence-electron chi connectivity index (χ3n) is 2.60. The molecule has 0 radical (unpaired) electrons. The zero-order chi connectivity index (χ0) is 14.0. The van der Waals surface area contributed by atoms with Gasteiger partial charge in [0, 0.05) is 17.4 Å². The van der Waals surface area contributed by atoms with Gasteiger partial charge in [0.1, 0.15) is 0 Å². The van der Waals surface area contributed by atoms with Crippen molar-refractivity contribution >= 4 is 5.91 Å². The summed E-state index contributed by atoms with van der Waals surface area (Å²) >= 11 is 0. The first-order valence-corrected chi connectivity index (χ1v) is 6.34. The Kier molecular flexibility index (Phi) is 4.15. The van der Waals surface area contributed by atoms with Crippen molar-refractivity contribution in [3.8, 4) is 0 Å². The molecule has 1 aromatic rings. The minimum absolute atomic E-state index is 0.0586. The highest BCUT2D eigenvalue weighted by Crippen LogP contribution is 2.26. The summed E-state index contributed by atoms with van der Waals surface area (Å²) in [6.45, 7) is 12.5. The average Bonchev–Trinajstić information content (AvgIpc) is 2.13. The van der Waals surface area contributed by atoms with Crippen molar-refractivity contribution in [3.05, 3.63) is 29.6 Å². The average molecular weight is 248 g/mol. The van der Waals surface area contributed by atoms with Crippen LogP contribution < -0.4 is 5.32 Å². The Labute approximate surface area is 110 Å². The van der Waals surface area contributed by atoms with Crippen LogP contribution in [0.5, 0.6) is 0 Å². The van der Waals surface area contributed by atoms with Crippen molar-refractivity contribution in [1.82, 2.24) is 10.3 Å². The van der Waals surface area contributed by atoms with Crippen molar-refractivity contribution in [2.75, 3.05) is 0 Å². The van der Waals surface area contributed by atoms with Crippen LogP contribution in [0.25, 0.3) is 0 Å². The van der Waals surface area contributed by atoms with E-state index in [2.05, 4.69) is 44.9 Å². The number of pyridine rings is 1. The number of nitrogens with zero attached hydrogens (tertiary/aromatic N) is 1. The van der Waals surface area contributed by atoms with E-state index in [1.165, 1.54) is 0 Å². The Morgan fingerprint density at radius 1 is 1.22 bits per heavy atom. The van der Waals surface area contributed by atoms with E-state index in [0.29, 0.717) is 5.56 Å². The number of carbonyl (C=O) groups is 1. The summed E-state index contributed by atoms with van der Waals surface area (Å²) < 4.78 is 0. The lowest BCUT2D eigenvalue weighted by atomic mass is 9.81. The van der Waals surface area contributed by atoms with Gasteiger partial charge in [-0.1, -0.05) is 20.8 Å². The maximum Gasteiger partial charge on any atom is 0.253 e. The molecule has 0 unspecified atom stereocenters. The van der Waals surface area contributed by atoms with Crippen molar-refractivity contribution in [2.24, 2.45) is 5.41 Å². The molecule has 0 aliphatic rings.